The maximum atomic E-state index is 12.0. The van der Waals surface area contributed by atoms with E-state index < -0.39 is 10.0 Å². The Hall–Kier alpha value is -1.92. The van der Waals surface area contributed by atoms with Crippen molar-refractivity contribution in [2.24, 2.45) is 0 Å². The van der Waals surface area contributed by atoms with E-state index in [9.17, 15) is 8.42 Å². The van der Waals surface area contributed by atoms with E-state index in [1.54, 1.807) is 36.7 Å². The third-order valence-electron chi connectivity index (χ3n) is 2.94. The second kappa shape index (κ2) is 6.02. The molecule has 1 aromatic carbocycles. The molecule has 106 valence electrons. The van der Waals surface area contributed by atoms with Crippen molar-refractivity contribution in [3.63, 3.8) is 0 Å². The summed E-state index contributed by atoms with van der Waals surface area (Å²) in [5.41, 5.74) is 8.73. The fraction of sp³-hybridized carbons (Fsp3) is 0.214. The number of pyridine rings is 1. The summed E-state index contributed by atoms with van der Waals surface area (Å²) in [6, 6.07) is 8.72. The van der Waals surface area contributed by atoms with Crippen LogP contribution in [0.25, 0.3) is 0 Å². The van der Waals surface area contributed by atoms with Crippen LogP contribution in [0.4, 0.5) is 5.69 Å². The molecule has 0 saturated carbocycles. The van der Waals surface area contributed by atoms with Gasteiger partial charge in [-0.1, -0.05) is 12.1 Å². The summed E-state index contributed by atoms with van der Waals surface area (Å²) in [7, 11) is -3.40. The first-order chi connectivity index (χ1) is 9.46. The highest BCUT2D eigenvalue weighted by Crippen LogP contribution is 2.11. The zero-order valence-corrected chi connectivity index (χ0v) is 12.0. The molecule has 0 amide bonds. The molecule has 0 aliphatic heterocycles. The van der Waals surface area contributed by atoms with Crippen LogP contribution in [0.3, 0.4) is 0 Å². The van der Waals surface area contributed by atoms with E-state index in [0.29, 0.717) is 11.3 Å². The van der Waals surface area contributed by atoms with Crippen molar-refractivity contribution in [1.82, 2.24) is 9.71 Å². The third kappa shape index (κ3) is 4.04. The summed E-state index contributed by atoms with van der Waals surface area (Å²) in [5, 5.41) is 0. The number of nitrogens with zero attached hydrogens (tertiary/aromatic N) is 1. The van der Waals surface area contributed by atoms with Crippen LogP contribution < -0.4 is 10.5 Å². The zero-order chi connectivity index (χ0) is 14.6. The fourth-order valence-corrected chi connectivity index (χ4v) is 2.92. The van der Waals surface area contributed by atoms with E-state index >= 15 is 0 Å². The van der Waals surface area contributed by atoms with E-state index in [-0.39, 0.29) is 12.3 Å². The van der Waals surface area contributed by atoms with Gasteiger partial charge in [0.1, 0.15) is 0 Å². The predicted molar refractivity (Wildman–Crippen MR) is 79.3 cm³/mol. The number of aromatic nitrogens is 1. The minimum Gasteiger partial charge on any atom is -0.399 e. The van der Waals surface area contributed by atoms with Crippen molar-refractivity contribution >= 4 is 15.7 Å². The third-order valence-corrected chi connectivity index (χ3v) is 4.24. The molecule has 0 radical (unpaired) electrons. The van der Waals surface area contributed by atoms with Gasteiger partial charge in [0.15, 0.2) is 0 Å². The smallest absolute Gasteiger partial charge is 0.216 e. The molecule has 0 spiro atoms. The van der Waals surface area contributed by atoms with Crippen LogP contribution in [0.1, 0.15) is 16.7 Å². The van der Waals surface area contributed by atoms with Crippen molar-refractivity contribution in [2.45, 2.75) is 19.2 Å². The SMILES string of the molecule is Cc1ccncc1CNS(=O)(=O)Cc1cccc(N)c1. The molecular formula is C14H17N3O2S. The van der Waals surface area contributed by atoms with Gasteiger partial charge >= 0.3 is 0 Å². The van der Waals surface area contributed by atoms with Gasteiger partial charge in [0, 0.05) is 24.6 Å². The van der Waals surface area contributed by atoms with Gasteiger partial charge < -0.3 is 5.73 Å². The Bertz CT molecular complexity index is 699. The van der Waals surface area contributed by atoms with E-state index in [4.69, 9.17) is 5.73 Å². The Morgan fingerprint density at radius 3 is 2.80 bits per heavy atom. The lowest BCUT2D eigenvalue weighted by atomic mass is 10.2. The van der Waals surface area contributed by atoms with Gasteiger partial charge in [-0.05, 0) is 41.8 Å². The average molecular weight is 291 g/mol. The zero-order valence-electron chi connectivity index (χ0n) is 11.2. The van der Waals surface area contributed by atoms with Crippen LogP contribution in [0.15, 0.2) is 42.7 Å². The average Bonchev–Trinajstić information content (AvgIpc) is 2.37. The summed E-state index contributed by atoms with van der Waals surface area (Å²) in [5.74, 6) is -0.0860. The first-order valence-corrected chi connectivity index (χ1v) is 7.83. The first-order valence-electron chi connectivity index (χ1n) is 6.17. The van der Waals surface area contributed by atoms with Crippen molar-refractivity contribution in [3.8, 4) is 0 Å². The van der Waals surface area contributed by atoms with E-state index in [1.807, 2.05) is 13.0 Å². The molecule has 0 fully saturated rings. The molecular weight excluding hydrogens is 274 g/mol. The quantitative estimate of drug-likeness (QED) is 0.819. The summed E-state index contributed by atoms with van der Waals surface area (Å²) >= 11 is 0. The van der Waals surface area contributed by atoms with Gasteiger partial charge in [-0.15, -0.1) is 0 Å². The van der Waals surface area contributed by atoms with Crippen LogP contribution >= 0.6 is 0 Å². The number of benzene rings is 1. The molecule has 6 heteroatoms. The number of nitrogens with one attached hydrogen (secondary N) is 1. The molecule has 0 atom stereocenters. The first kappa shape index (κ1) is 14.5. The molecule has 5 nitrogen and oxygen atoms in total. The molecule has 0 bridgehead atoms. The van der Waals surface area contributed by atoms with Gasteiger partial charge in [0.25, 0.3) is 0 Å². The van der Waals surface area contributed by atoms with Gasteiger partial charge in [0.05, 0.1) is 5.75 Å². The van der Waals surface area contributed by atoms with Gasteiger partial charge in [-0.3, -0.25) is 4.98 Å². The van der Waals surface area contributed by atoms with Crippen molar-refractivity contribution in [3.05, 3.63) is 59.4 Å². The van der Waals surface area contributed by atoms with Crippen LogP contribution in [0.5, 0.6) is 0 Å². The molecule has 1 aromatic heterocycles. The van der Waals surface area contributed by atoms with Crippen LogP contribution in [-0.4, -0.2) is 13.4 Å². The number of rotatable bonds is 5. The number of anilines is 1. The van der Waals surface area contributed by atoms with Crippen LogP contribution in [0.2, 0.25) is 0 Å². The molecule has 0 unspecified atom stereocenters. The molecule has 0 saturated heterocycles. The lowest BCUT2D eigenvalue weighted by Gasteiger charge is -2.09. The Labute approximate surface area is 118 Å². The fourth-order valence-electron chi connectivity index (χ4n) is 1.82. The standard InChI is InChI=1S/C14H17N3O2S/c1-11-5-6-16-8-13(11)9-17-20(18,19)10-12-3-2-4-14(15)7-12/h2-8,17H,9-10,15H2,1H3. The molecule has 0 aliphatic rings. The summed E-state index contributed by atoms with van der Waals surface area (Å²) < 4.78 is 26.6. The maximum absolute atomic E-state index is 12.0. The second-order valence-electron chi connectivity index (χ2n) is 4.63. The minimum absolute atomic E-state index is 0.0860. The highest BCUT2D eigenvalue weighted by Gasteiger charge is 2.12. The molecule has 2 rings (SSSR count). The Kier molecular flexibility index (Phi) is 4.36. The maximum Gasteiger partial charge on any atom is 0.216 e. The van der Waals surface area contributed by atoms with Crippen molar-refractivity contribution in [1.29, 1.82) is 0 Å². The number of aryl methyl sites for hydroxylation is 1. The largest absolute Gasteiger partial charge is 0.399 e. The number of sulfonamides is 1. The Morgan fingerprint density at radius 2 is 2.10 bits per heavy atom. The lowest BCUT2D eigenvalue weighted by molar-refractivity contribution is 0.580. The van der Waals surface area contributed by atoms with E-state index in [1.165, 1.54) is 0 Å². The molecule has 1 heterocycles. The van der Waals surface area contributed by atoms with E-state index in [2.05, 4.69) is 9.71 Å². The van der Waals surface area contributed by atoms with Crippen LogP contribution in [-0.2, 0) is 22.3 Å². The summed E-state index contributed by atoms with van der Waals surface area (Å²) in [6.45, 7) is 2.16. The lowest BCUT2D eigenvalue weighted by Crippen LogP contribution is -2.25. The Balaban J connectivity index is 2.03. The molecule has 3 N–H and O–H groups in total. The van der Waals surface area contributed by atoms with Crippen molar-refractivity contribution in [2.75, 3.05) is 5.73 Å². The second-order valence-corrected chi connectivity index (χ2v) is 6.43. The number of nitrogens with two attached hydrogens (primary N) is 1. The predicted octanol–water partition coefficient (Wildman–Crippen LogP) is 1.59. The van der Waals surface area contributed by atoms with Crippen LogP contribution in [0, 0.1) is 6.92 Å². The van der Waals surface area contributed by atoms with Crippen molar-refractivity contribution < 1.29 is 8.42 Å². The normalized spacial score (nSPS) is 11.4. The molecule has 0 aliphatic carbocycles. The summed E-state index contributed by atoms with van der Waals surface area (Å²) in [6.07, 6.45) is 3.35. The molecule has 2 aromatic rings. The van der Waals surface area contributed by atoms with Gasteiger partial charge in [0.2, 0.25) is 10.0 Å². The highest BCUT2D eigenvalue weighted by molar-refractivity contribution is 7.88. The monoisotopic (exact) mass is 291 g/mol. The topological polar surface area (TPSA) is 85.1 Å². The minimum atomic E-state index is -3.40. The highest BCUT2D eigenvalue weighted by atomic mass is 32.2. The van der Waals surface area contributed by atoms with Gasteiger partial charge in [-0.2, -0.15) is 0 Å². The number of hydrogen-bond acceptors (Lipinski definition) is 4. The number of nitrogen functional groups attached to an aromatic ring is 1. The Morgan fingerprint density at radius 1 is 1.30 bits per heavy atom. The molecule has 20 heavy (non-hydrogen) atoms. The van der Waals surface area contributed by atoms with E-state index in [0.717, 1.165) is 11.1 Å². The summed E-state index contributed by atoms with van der Waals surface area (Å²) in [4.78, 5) is 3.99. The van der Waals surface area contributed by atoms with Gasteiger partial charge in [-0.25, -0.2) is 13.1 Å². The number of hydrogen-bond donors (Lipinski definition) is 2.